The Labute approximate surface area is 70.6 Å². The van der Waals surface area contributed by atoms with Crippen molar-refractivity contribution in [2.75, 3.05) is 0 Å². The Morgan fingerprint density at radius 2 is 1.60 bits per heavy atom. The van der Waals surface area contributed by atoms with E-state index in [4.69, 9.17) is 0 Å². The van der Waals surface area contributed by atoms with E-state index < -0.39 is 0 Å². The molecule has 1 heteroatoms. The molecule has 0 saturated heterocycles. The molecule has 1 rings (SSSR count). The van der Waals surface area contributed by atoms with Crippen molar-refractivity contribution >= 4 is 0 Å². The van der Waals surface area contributed by atoms with E-state index in [0.29, 0.717) is 0 Å². The third-order valence-corrected chi connectivity index (χ3v) is 4.32. The molecule has 1 aliphatic rings. The maximum atomic E-state index is 2.38. The van der Waals surface area contributed by atoms with Gasteiger partial charge in [-0.15, -0.1) is 0 Å². The fourth-order valence-corrected chi connectivity index (χ4v) is 0.393. The summed E-state index contributed by atoms with van der Waals surface area (Å²) in [7, 11) is 0. The van der Waals surface area contributed by atoms with Gasteiger partial charge in [-0.3, -0.25) is 0 Å². The molecule has 0 radical (unpaired) electrons. The van der Waals surface area contributed by atoms with Crippen molar-refractivity contribution in [3.8, 4) is 0 Å². The van der Waals surface area contributed by atoms with Crippen LogP contribution in [0.25, 0.3) is 0 Å². The SMILES string of the molecule is C1=CCC=C1.C[CH2][Pt]([CH3])[CH3]. The Balaban J connectivity index is 0.000000162. The summed E-state index contributed by atoms with van der Waals surface area (Å²) in [6, 6.07) is 0. The van der Waals surface area contributed by atoms with E-state index in [1.807, 2.05) is 0 Å². The number of rotatable bonds is 1. The van der Waals surface area contributed by atoms with Gasteiger partial charge in [0.15, 0.2) is 0 Å². The number of hydrogen-bond donors (Lipinski definition) is 0. The summed E-state index contributed by atoms with van der Waals surface area (Å²) in [5.74, 6) is 0. The summed E-state index contributed by atoms with van der Waals surface area (Å²) in [4.78, 5) is 1.46. The van der Waals surface area contributed by atoms with Gasteiger partial charge in [-0.05, 0) is 6.42 Å². The molecule has 0 saturated carbocycles. The Morgan fingerprint density at radius 1 is 1.20 bits per heavy atom. The van der Waals surface area contributed by atoms with Gasteiger partial charge >= 0.3 is 39.7 Å². The average molecular weight is 320 g/mol. The van der Waals surface area contributed by atoms with Gasteiger partial charge in [-0.2, -0.15) is 0 Å². The second-order valence-electron chi connectivity index (χ2n) is 2.08. The van der Waals surface area contributed by atoms with Gasteiger partial charge in [0, 0.05) is 0 Å². The van der Waals surface area contributed by atoms with Crippen LogP contribution in [0.1, 0.15) is 13.3 Å². The topological polar surface area (TPSA) is 0 Å². The molecule has 0 heterocycles. The summed E-state index contributed by atoms with van der Waals surface area (Å²) >= 11 is -0.288. The first-order valence-corrected chi connectivity index (χ1v) is 9.53. The predicted octanol–water partition coefficient (Wildman–Crippen LogP) is 3.64. The minimum absolute atomic E-state index is 0.288. The molecule has 0 N–H and O–H groups in total. The summed E-state index contributed by atoms with van der Waals surface area (Å²) in [6.45, 7) is 2.27. The van der Waals surface area contributed by atoms with Crippen LogP contribution in [0, 0.1) is 0 Å². The summed E-state index contributed by atoms with van der Waals surface area (Å²) in [5.41, 5.74) is 0. The molecule has 0 bridgehead atoms. The van der Waals surface area contributed by atoms with Crippen molar-refractivity contribution in [3.63, 3.8) is 0 Å². The standard InChI is InChI=1S/C5H6.C2H5.2CH3.Pt/c1-2-4-5-3-1;1-2;;;/h1-4H,5H2;1H2,2H3;2*1H3;. The van der Waals surface area contributed by atoms with Crippen LogP contribution in [0.4, 0.5) is 0 Å². The Bertz CT molecular complexity index is 102. The molecular weight excluding hydrogens is 303 g/mol. The van der Waals surface area contributed by atoms with Crippen molar-refractivity contribution < 1.29 is 17.3 Å². The first kappa shape index (κ1) is 10.2. The third kappa shape index (κ3) is 8.17. The van der Waals surface area contributed by atoms with Crippen molar-refractivity contribution in [3.05, 3.63) is 24.3 Å². The zero-order chi connectivity index (χ0) is 7.82. The van der Waals surface area contributed by atoms with E-state index in [-0.39, 0.29) is 17.3 Å². The van der Waals surface area contributed by atoms with Crippen LogP contribution < -0.4 is 0 Å². The van der Waals surface area contributed by atoms with Crippen molar-refractivity contribution in [2.45, 2.75) is 28.8 Å². The van der Waals surface area contributed by atoms with Crippen LogP contribution in [0.3, 0.4) is 0 Å². The van der Waals surface area contributed by atoms with Crippen LogP contribution in [0.15, 0.2) is 24.3 Å². The molecule has 0 amide bonds. The first-order chi connectivity index (χ1) is 4.77. The second-order valence-corrected chi connectivity index (χ2v) is 9.17. The van der Waals surface area contributed by atoms with E-state index in [1.165, 1.54) is 4.81 Å². The monoisotopic (exact) mass is 320 g/mol. The van der Waals surface area contributed by atoms with Gasteiger partial charge in [0.2, 0.25) is 0 Å². The molecule has 0 fully saturated rings. The van der Waals surface area contributed by atoms with Crippen LogP contribution in [0.5, 0.6) is 0 Å². The molecule has 0 nitrogen and oxygen atoms in total. The molecule has 1 aliphatic carbocycles. The molecule has 0 aliphatic heterocycles. The van der Waals surface area contributed by atoms with Crippen LogP contribution in [-0.4, -0.2) is 0 Å². The minimum atomic E-state index is -0.288. The molecule has 0 aromatic rings. The van der Waals surface area contributed by atoms with E-state index >= 15 is 0 Å². The van der Waals surface area contributed by atoms with Crippen LogP contribution in [-0.2, 0) is 17.3 Å². The number of hydrogen-bond acceptors (Lipinski definition) is 0. The van der Waals surface area contributed by atoms with Crippen molar-refractivity contribution in [1.29, 1.82) is 0 Å². The molecule has 0 atom stereocenters. The van der Waals surface area contributed by atoms with Crippen molar-refractivity contribution in [1.82, 2.24) is 0 Å². The van der Waals surface area contributed by atoms with Crippen molar-refractivity contribution in [2.24, 2.45) is 0 Å². The molecular formula is C9H17Pt. The number of allylic oxidation sites excluding steroid dienone is 4. The zero-order valence-electron chi connectivity index (χ0n) is 7.04. The molecule has 0 aromatic carbocycles. The van der Waals surface area contributed by atoms with Crippen LogP contribution in [0.2, 0.25) is 15.4 Å². The summed E-state index contributed by atoms with van der Waals surface area (Å²) < 4.78 is 0. The summed E-state index contributed by atoms with van der Waals surface area (Å²) in [5, 5.41) is 4.76. The predicted molar refractivity (Wildman–Crippen MR) is 45.1 cm³/mol. The van der Waals surface area contributed by atoms with Gasteiger partial charge in [0.25, 0.3) is 0 Å². The van der Waals surface area contributed by atoms with E-state index in [9.17, 15) is 0 Å². The second kappa shape index (κ2) is 7.28. The Morgan fingerprint density at radius 3 is 1.70 bits per heavy atom. The zero-order valence-corrected chi connectivity index (χ0v) is 9.31. The van der Waals surface area contributed by atoms with Gasteiger partial charge in [0.05, 0.1) is 0 Å². The molecule has 0 spiro atoms. The first-order valence-electron chi connectivity index (χ1n) is 3.38. The van der Waals surface area contributed by atoms with E-state index in [0.717, 1.165) is 6.42 Å². The van der Waals surface area contributed by atoms with Gasteiger partial charge in [0.1, 0.15) is 0 Å². The average Bonchev–Trinajstić information content (AvgIpc) is 2.43. The van der Waals surface area contributed by atoms with Gasteiger partial charge < -0.3 is 0 Å². The Hall–Kier alpha value is 0.168. The fourth-order valence-electron chi connectivity index (χ4n) is 0.393. The summed E-state index contributed by atoms with van der Waals surface area (Å²) in [6.07, 6.45) is 9.50. The van der Waals surface area contributed by atoms with Gasteiger partial charge in [-0.25, -0.2) is 0 Å². The molecule has 0 aromatic heterocycles. The third-order valence-electron chi connectivity index (χ3n) is 1.10. The van der Waals surface area contributed by atoms with E-state index in [2.05, 4.69) is 41.9 Å². The van der Waals surface area contributed by atoms with Crippen LogP contribution >= 0.6 is 0 Å². The van der Waals surface area contributed by atoms with E-state index in [1.54, 1.807) is 0 Å². The normalized spacial score (nSPS) is 14.5. The van der Waals surface area contributed by atoms with Gasteiger partial charge in [-0.1, -0.05) is 24.3 Å². The molecule has 10 heavy (non-hydrogen) atoms. The maximum absolute atomic E-state index is 2.38. The Kier molecular flexibility index (Phi) is 7.40. The quantitative estimate of drug-likeness (QED) is 0.692. The molecule has 63 valence electrons. The fraction of sp³-hybridized carbons (Fsp3) is 0.556. The molecule has 0 unspecified atom stereocenters.